The molecule has 6 heteroatoms. The quantitative estimate of drug-likeness (QED) is 0.0325. The zero-order valence-corrected chi connectivity index (χ0v) is 35.4. The molecule has 0 spiro atoms. The molecule has 0 aliphatic rings. The molecule has 0 saturated carbocycles. The molecule has 0 radical (unpaired) electrons. The van der Waals surface area contributed by atoms with Crippen LogP contribution in [0, 0.1) is 0 Å². The van der Waals surface area contributed by atoms with Crippen molar-refractivity contribution < 1.29 is 29.7 Å². The van der Waals surface area contributed by atoms with Crippen molar-refractivity contribution in [2.45, 2.75) is 263 Å². The molecule has 53 heavy (non-hydrogen) atoms. The van der Waals surface area contributed by atoms with Crippen LogP contribution in [0.1, 0.15) is 252 Å². The van der Waals surface area contributed by atoms with Crippen LogP contribution in [-0.2, 0) is 14.4 Å². The highest BCUT2D eigenvalue weighted by Crippen LogP contribution is 2.32. The SMILES string of the molecule is CCCCCCCC/C=C\CCCCCCCC(=O)C(O)(C(=O)CCCCCCCCCCCCCCCCC)C(O)(CO)C(=O)CCCCCCC. The molecule has 0 aliphatic carbocycles. The van der Waals surface area contributed by atoms with Gasteiger partial charge in [0.05, 0.1) is 6.61 Å². The van der Waals surface area contributed by atoms with Crippen LogP contribution in [0.25, 0.3) is 0 Å². The molecule has 2 unspecified atom stereocenters. The molecule has 0 aliphatic heterocycles. The number of carbonyl (C=O) groups is 3. The average molecular weight is 749 g/mol. The lowest BCUT2D eigenvalue weighted by Crippen LogP contribution is -2.69. The van der Waals surface area contributed by atoms with Gasteiger partial charge < -0.3 is 15.3 Å². The molecule has 0 heterocycles. The van der Waals surface area contributed by atoms with E-state index in [0.29, 0.717) is 19.3 Å². The van der Waals surface area contributed by atoms with Gasteiger partial charge in [0.15, 0.2) is 23.0 Å². The second kappa shape index (κ2) is 36.3. The predicted octanol–water partition coefficient (Wildman–Crippen LogP) is 12.8. The summed E-state index contributed by atoms with van der Waals surface area (Å²) in [5.41, 5.74) is -5.73. The molecular formula is C47H88O6. The Hall–Kier alpha value is -1.37. The molecule has 2 atom stereocenters. The summed E-state index contributed by atoms with van der Waals surface area (Å²) in [6.45, 7) is 5.44. The van der Waals surface area contributed by atoms with Crippen molar-refractivity contribution in [2.75, 3.05) is 6.61 Å². The number of unbranched alkanes of at least 4 members (excludes halogenated alkanes) is 29. The first-order valence-corrected chi connectivity index (χ1v) is 23.1. The van der Waals surface area contributed by atoms with E-state index in [1.807, 2.05) is 0 Å². The maximum atomic E-state index is 13.6. The van der Waals surface area contributed by atoms with Crippen LogP contribution in [0.3, 0.4) is 0 Å². The van der Waals surface area contributed by atoms with Crippen molar-refractivity contribution >= 4 is 17.3 Å². The van der Waals surface area contributed by atoms with Crippen molar-refractivity contribution in [1.82, 2.24) is 0 Å². The van der Waals surface area contributed by atoms with E-state index in [2.05, 4.69) is 32.9 Å². The fraction of sp³-hybridized carbons (Fsp3) is 0.894. The summed E-state index contributed by atoms with van der Waals surface area (Å²) in [5.74, 6) is -2.49. The lowest BCUT2D eigenvalue weighted by atomic mass is 9.71. The number of allylic oxidation sites excluding steroid dienone is 2. The number of hydrogen-bond acceptors (Lipinski definition) is 6. The topological polar surface area (TPSA) is 112 Å². The second-order valence-corrected chi connectivity index (χ2v) is 16.2. The molecule has 0 bridgehead atoms. The second-order valence-electron chi connectivity index (χ2n) is 16.2. The highest BCUT2D eigenvalue weighted by molar-refractivity contribution is 6.16. The number of aliphatic hydroxyl groups is 3. The van der Waals surface area contributed by atoms with Crippen molar-refractivity contribution in [2.24, 2.45) is 0 Å². The maximum Gasteiger partial charge on any atom is 0.219 e. The highest BCUT2D eigenvalue weighted by atomic mass is 16.4. The van der Waals surface area contributed by atoms with Crippen LogP contribution in [-0.4, -0.2) is 50.5 Å². The minimum absolute atomic E-state index is 0.0873. The molecule has 0 amide bonds. The van der Waals surface area contributed by atoms with Gasteiger partial charge in [0, 0.05) is 19.3 Å². The molecule has 0 aromatic carbocycles. The van der Waals surface area contributed by atoms with Crippen LogP contribution in [0.2, 0.25) is 0 Å². The molecule has 0 saturated heterocycles. The van der Waals surface area contributed by atoms with Gasteiger partial charge in [-0.2, -0.15) is 0 Å². The van der Waals surface area contributed by atoms with Gasteiger partial charge in [0.25, 0.3) is 0 Å². The molecule has 0 aromatic rings. The van der Waals surface area contributed by atoms with E-state index in [1.165, 1.54) is 109 Å². The van der Waals surface area contributed by atoms with E-state index in [4.69, 9.17) is 0 Å². The molecule has 3 N–H and O–H groups in total. The summed E-state index contributed by atoms with van der Waals surface area (Å²) in [6.07, 6.45) is 40.6. The Morgan fingerprint density at radius 3 is 0.906 bits per heavy atom. The third-order valence-electron chi connectivity index (χ3n) is 11.3. The van der Waals surface area contributed by atoms with E-state index in [-0.39, 0.29) is 19.3 Å². The van der Waals surface area contributed by atoms with Gasteiger partial charge in [-0.05, 0) is 44.9 Å². The van der Waals surface area contributed by atoms with Crippen LogP contribution in [0.5, 0.6) is 0 Å². The van der Waals surface area contributed by atoms with Gasteiger partial charge in [-0.25, -0.2) is 0 Å². The third kappa shape index (κ3) is 24.7. The first-order chi connectivity index (χ1) is 25.8. The first-order valence-electron chi connectivity index (χ1n) is 23.1. The van der Waals surface area contributed by atoms with Crippen LogP contribution in [0.4, 0.5) is 0 Å². The zero-order valence-electron chi connectivity index (χ0n) is 35.4. The van der Waals surface area contributed by atoms with Gasteiger partial charge in [-0.1, -0.05) is 200 Å². The fourth-order valence-corrected chi connectivity index (χ4v) is 7.49. The molecule has 0 rings (SSSR count). The Balaban J connectivity index is 4.81. The van der Waals surface area contributed by atoms with Gasteiger partial charge in [0.2, 0.25) is 5.60 Å². The fourth-order valence-electron chi connectivity index (χ4n) is 7.49. The van der Waals surface area contributed by atoms with E-state index >= 15 is 0 Å². The third-order valence-corrected chi connectivity index (χ3v) is 11.3. The lowest BCUT2D eigenvalue weighted by molar-refractivity contribution is -0.194. The summed E-state index contributed by atoms with van der Waals surface area (Å²) in [6, 6.07) is 0. The van der Waals surface area contributed by atoms with Crippen LogP contribution < -0.4 is 0 Å². The predicted molar refractivity (Wildman–Crippen MR) is 224 cm³/mol. The van der Waals surface area contributed by atoms with Crippen molar-refractivity contribution in [3.63, 3.8) is 0 Å². The molecule has 0 aromatic heterocycles. The number of hydrogen-bond donors (Lipinski definition) is 3. The standard InChI is InChI=1S/C47H88O6/c1-4-7-10-13-15-17-19-21-23-25-27-29-31-34-37-40-44(50)47(53,46(52,42-48)43(49)39-36-33-12-9-6-3)45(51)41-38-35-32-30-28-26-24-22-20-18-16-14-11-8-5-2/h21,23,48,52-53H,4-20,22,24-42H2,1-3H3/b23-21-. The van der Waals surface area contributed by atoms with E-state index in [9.17, 15) is 29.7 Å². The smallest absolute Gasteiger partial charge is 0.219 e. The monoisotopic (exact) mass is 749 g/mol. The molecule has 0 fully saturated rings. The Bertz CT molecular complexity index is 899. The number of rotatable bonds is 42. The van der Waals surface area contributed by atoms with Crippen molar-refractivity contribution in [3.05, 3.63) is 12.2 Å². The summed E-state index contributed by atoms with van der Waals surface area (Å²) < 4.78 is 0. The van der Waals surface area contributed by atoms with Gasteiger partial charge >= 0.3 is 0 Å². The van der Waals surface area contributed by atoms with E-state index in [1.54, 1.807) is 0 Å². The van der Waals surface area contributed by atoms with Gasteiger partial charge in [0.1, 0.15) is 0 Å². The molecular weight excluding hydrogens is 661 g/mol. The lowest BCUT2D eigenvalue weighted by Gasteiger charge is -2.39. The number of aliphatic hydroxyl groups excluding tert-OH is 1. The summed E-state index contributed by atoms with van der Waals surface area (Å²) in [5, 5.41) is 33.6. The van der Waals surface area contributed by atoms with Crippen molar-refractivity contribution in [3.8, 4) is 0 Å². The number of ketones is 3. The highest BCUT2D eigenvalue weighted by Gasteiger charge is 2.62. The Morgan fingerprint density at radius 2 is 0.623 bits per heavy atom. The summed E-state index contributed by atoms with van der Waals surface area (Å²) in [7, 11) is 0. The van der Waals surface area contributed by atoms with Crippen LogP contribution in [0.15, 0.2) is 12.2 Å². The maximum absolute atomic E-state index is 13.6. The van der Waals surface area contributed by atoms with Crippen LogP contribution >= 0.6 is 0 Å². The Labute approximate surface area is 328 Å². The van der Waals surface area contributed by atoms with Crippen molar-refractivity contribution in [1.29, 1.82) is 0 Å². The average Bonchev–Trinajstić information content (AvgIpc) is 3.16. The number of Topliss-reactive ketones (excluding diaryl/α,β-unsaturated/α-hetero) is 3. The number of carbonyl (C=O) groups excluding carboxylic acids is 3. The summed E-state index contributed by atoms with van der Waals surface area (Å²) >= 11 is 0. The van der Waals surface area contributed by atoms with Gasteiger partial charge in [-0.15, -0.1) is 0 Å². The van der Waals surface area contributed by atoms with E-state index < -0.39 is 35.2 Å². The minimum atomic E-state index is -2.92. The Kier molecular flexibility index (Phi) is 35.3. The zero-order chi connectivity index (χ0) is 39.3. The largest absolute Gasteiger partial charge is 0.393 e. The summed E-state index contributed by atoms with van der Waals surface area (Å²) in [4.78, 5) is 40.6. The molecule has 6 nitrogen and oxygen atoms in total. The molecule has 312 valence electrons. The van der Waals surface area contributed by atoms with E-state index in [0.717, 1.165) is 83.5 Å². The Morgan fingerprint density at radius 1 is 0.377 bits per heavy atom. The van der Waals surface area contributed by atoms with Gasteiger partial charge in [-0.3, -0.25) is 14.4 Å². The minimum Gasteiger partial charge on any atom is -0.393 e. The normalized spacial score (nSPS) is 14.1. The first kappa shape index (κ1) is 51.6.